The van der Waals surface area contributed by atoms with E-state index in [1.807, 2.05) is 30.3 Å². The van der Waals surface area contributed by atoms with E-state index in [2.05, 4.69) is 20.6 Å². The molecule has 2 aromatic rings. The first kappa shape index (κ1) is 17.2. The molecule has 0 saturated carbocycles. The van der Waals surface area contributed by atoms with Gasteiger partial charge < -0.3 is 15.0 Å². The van der Waals surface area contributed by atoms with Crippen LogP contribution in [0.5, 0.6) is 0 Å². The number of carbonyl (C=O) groups excluding carboxylic acids is 3. The molecular formula is C16H18N4O4. The molecule has 0 aliphatic carbocycles. The van der Waals surface area contributed by atoms with E-state index >= 15 is 0 Å². The third-order valence-electron chi connectivity index (χ3n) is 3.11. The largest absolute Gasteiger partial charge is 0.445 e. The molecule has 0 fully saturated rings. The normalized spacial score (nSPS) is 11.4. The number of imide groups is 1. The molecule has 0 spiro atoms. The molecule has 0 bridgehead atoms. The number of imidazole rings is 1. The van der Waals surface area contributed by atoms with E-state index in [0.29, 0.717) is 5.69 Å². The number of rotatable bonds is 6. The molecule has 1 aromatic carbocycles. The number of nitrogens with zero attached hydrogens (tertiary/aromatic N) is 1. The molecule has 1 heterocycles. The van der Waals surface area contributed by atoms with Gasteiger partial charge in [-0.2, -0.15) is 0 Å². The highest BCUT2D eigenvalue weighted by Gasteiger charge is 2.19. The van der Waals surface area contributed by atoms with Crippen LogP contribution in [-0.4, -0.2) is 33.9 Å². The second-order valence-corrected chi connectivity index (χ2v) is 5.09. The van der Waals surface area contributed by atoms with Crippen molar-refractivity contribution < 1.29 is 19.1 Å². The van der Waals surface area contributed by atoms with E-state index in [4.69, 9.17) is 4.74 Å². The van der Waals surface area contributed by atoms with Crippen LogP contribution in [0.25, 0.3) is 0 Å². The van der Waals surface area contributed by atoms with Crippen LogP contribution in [0.2, 0.25) is 0 Å². The van der Waals surface area contributed by atoms with Crippen LogP contribution in [0.3, 0.4) is 0 Å². The van der Waals surface area contributed by atoms with Crippen LogP contribution in [-0.2, 0) is 27.4 Å². The van der Waals surface area contributed by atoms with Gasteiger partial charge in [0.2, 0.25) is 11.8 Å². The van der Waals surface area contributed by atoms with Crippen molar-refractivity contribution in [3.05, 3.63) is 54.1 Å². The summed E-state index contributed by atoms with van der Waals surface area (Å²) in [4.78, 5) is 41.8. The summed E-state index contributed by atoms with van der Waals surface area (Å²) >= 11 is 0. The predicted molar refractivity (Wildman–Crippen MR) is 84.7 cm³/mol. The smallest absolute Gasteiger partial charge is 0.408 e. The van der Waals surface area contributed by atoms with E-state index in [-0.39, 0.29) is 13.0 Å². The monoisotopic (exact) mass is 330 g/mol. The van der Waals surface area contributed by atoms with Crippen LogP contribution in [0.4, 0.5) is 4.79 Å². The number of alkyl carbamates (subject to hydrolysis) is 1. The van der Waals surface area contributed by atoms with Crippen molar-refractivity contribution in [2.75, 3.05) is 0 Å². The highest BCUT2D eigenvalue weighted by molar-refractivity contribution is 5.99. The van der Waals surface area contributed by atoms with Crippen molar-refractivity contribution in [1.29, 1.82) is 0 Å². The SMILES string of the molecule is C[C@H](NC(=O)OCc1ccccc1)C(=O)NC(=O)Cc1cnc[nH]1. The molecule has 0 unspecified atom stereocenters. The third kappa shape index (κ3) is 5.56. The molecule has 2 rings (SSSR count). The van der Waals surface area contributed by atoms with Gasteiger partial charge in [0.15, 0.2) is 0 Å². The first-order chi connectivity index (χ1) is 11.5. The number of ether oxygens (including phenoxy) is 1. The maximum Gasteiger partial charge on any atom is 0.408 e. The van der Waals surface area contributed by atoms with Gasteiger partial charge in [-0.1, -0.05) is 30.3 Å². The minimum Gasteiger partial charge on any atom is -0.445 e. The summed E-state index contributed by atoms with van der Waals surface area (Å²) in [6, 6.07) is 8.25. The number of nitrogens with one attached hydrogen (secondary N) is 3. The first-order valence-electron chi connectivity index (χ1n) is 7.32. The van der Waals surface area contributed by atoms with Gasteiger partial charge in [-0.05, 0) is 12.5 Å². The fourth-order valence-electron chi connectivity index (χ4n) is 1.85. The lowest BCUT2D eigenvalue weighted by molar-refractivity contribution is -0.131. The zero-order chi connectivity index (χ0) is 17.4. The molecule has 0 radical (unpaired) electrons. The third-order valence-corrected chi connectivity index (χ3v) is 3.11. The van der Waals surface area contributed by atoms with Gasteiger partial charge in [0, 0.05) is 11.9 Å². The Kier molecular flexibility index (Phi) is 6.07. The van der Waals surface area contributed by atoms with Gasteiger partial charge in [0.1, 0.15) is 12.6 Å². The second-order valence-electron chi connectivity index (χ2n) is 5.09. The van der Waals surface area contributed by atoms with E-state index in [1.165, 1.54) is 19.4 Å². The number of H-pyrrole nitrogens is 1. The Bertz CT molecular complexity index is 685. The van der Waals surface area contributed by atoms with Gasteiger partial charge >= 0.3 is 6.09 Å². The predicted octanol–water partition coefficient (Wildman–Crippen LogP) is 0.910. The highest BCUT2D eigenvalue weighted by Crippen LogP contribution is 2.00. The van der Waals surface area contributed by atoms with Crippen LogP contribution < -0.4 is 10.6 Å². The zero-order valence-electron chi connectivity index (χ0n) is 13.1. The Balaban J connectivity index is 1.72. The van der Waals surface area contributed by atoms with Crippen LogP contribution in [0.1, 0.15) is 18.2 Å². The molecule has 126 valence electrons. The van der Waals surface area contributed by atoms with Gasteiger partial charge in [-0.15, -0.1) is 0 Å². The lowest BCUT2D eigenvalue weighted by Crippen LogP contribution is -2.47. The van der Waals surface area contributed by atoms with Crippen molar-refractivity contribution in [3.8, 4) is 0 Å². The fraction of sp³-hybridized carbons (Fsp3) is 0.250. The number of amides is 3. The topological polar surface area (TPSA) is 113 Å². The minimum atomic E-state index is -0.904. The molecule has 3 amide bonds. The molecular weight excluding hydrogens is 312 g/mol. The summed E-state index contributed by atoms with van der Waals surface area (Å²) in [5, 5.41) is 4.57. The Morgan fingerprint density at radius 1 is 1.25 bits per heavy atom. The maximum atomic E-state index is 11.9. The lowest BCUT2D eigenvalue weighted by atomic mass is 10.2. The maximum absolute atomic E-state index is 11.9. The summed E-state index contributed by atoms with van der Waals surface area (Å²) in [5.41, 5.74) is 1.42. The summed E-state index contributed by atoms with van der Waals surface area (Å²) in [7, 11) is 0. The summed E-state index contributed by atoms with van der Waals surface area (Å²) in [6.45, 7) is 1.56. The Morgan fingerprint density at radius 2 is 2.00 bits per heavy atom. The number of hydrogen-bond acceptors (Lipinski definition) is 5. The molecule has 0 saturated heterocycles. The van der Waals surface area contributed by atoms with Gasteiger partial charge in [-0.25, -0.2) is 9.78 Å². The summed E-state index contributed by atoms with van der Waals surface area (Å²) < 4.78 is 5.01. The average molecular weight is 330 g/mol. The van der Waals surface area contributed by atoms with Crippen LogP contribution >= 0.6 is 0 Å². The molecule has 3 N–H and O–H groups in total. The molecule has 8 nitrogen and oxygen atoms in total. The number of carbonyl (C=O) groups is 3. The Morgan fingerprint density at radius 3 is 2.67 bits per heavy atom. The standard InChI is InChI=1S/C16H18N4O4/c1-11(15(22)20-14(21)7-13-8-17-10-18-13)19-16(23)24-9-12-5-3-2-4-6-12/h2-6,8,10-11H,7,9H2,1H3,(H,17,18)(H,19,23)(H,20,21,22)/t11-/m0/s1. The number of aromatic amines is 1. The van der Waals surface area contributed by atoms with E-state index in [1.54, 1.807) is 0 Å². The number of aromatic nitrogens is 2. The van der Waals surface area contributed by atoms with Gasteiger partial charge in [0.25, 0.3) is 0 Å². The van der Waals surface area contributed by atoms with Crippen molar-refractivity contribution in [1.82, 2.24) is 20.6 Å². The Hall–Kier alpha value is -3.16. The van der Waals surface area contributed by atoms with Crippen molar-refractivity contribution in [3.63, 3.8) is 0 Å². The summed E-state index contributed by atoms with van der Waals surface area (Å²) in [5.74, 6) is -1.10. The number of hydrogen-bond donors (Lipinski definition) is 3. The second kappa shape index (κ2) is 8.47. The van der Waals surface area contributed by atoms with E-state index in [9.17, 15) is 14.4 Å². The Labute approximate surface area is 138 Å². The summed E-state index contributed by atoms with van der Waals surface area (Å²) in [6.07, 6.45) is 2.20. The van der Waals surface area contributed by atoms with Crippen LogP contribution in [0.15, 0.2) is 42.9 Å². The molecule has 8 heteroatoms. The lowest BCUT2D eigenvalue weighted by Gasteiger charge is -2.13. The van der Waals surface area contributed by atoms with E-state index < -0.39 is 23.9 Å². The molecule has 1 aromatic heterocycles. The first-order valence-corrected chi connectivity index (χ1v) is 7.32. The van der Waals surface area contributed by atoms with Crippen molar-refractivity contribution in [2.24, 2.45) is 0 Å². The van der Waals surface area contributed by atoms with Crippen LogP contribution in [0, 0.1) is 0 Å². The van der Waals surface area contributed by atoms with Crippen molar-refractivity contribution >= 4 is 17.9 Å². The quantitative estimate of drug-likeness (QED) is 0.728. The van der Waals surface area contributed by atoms with Gasteiger partial charge in [0.05, 0.1) is 12.7 Å². The molecule has 1 atom stereocenters. The molecule has 0 aliphatic rings. The average Bonchev–Trinajstić information content (AvgIpc) is 3.06. The molecule has 24 heavy (non-hydrogen) atoms. The van der Waals surface area contributed by atoms with Gasteiger partial charge in [-0.3, -0.25) is 14.9 Å². The zero-order valence-corrected chi connectivity index (χ0v) is 13.1. The molecule has 0 aliphatic heterocycles. The highest BCUT2D eigenvalue weighted by atomic mass is 16.5. The fourth-order valence-corrected chi connectivity index (χ4v) is 1.85. The van der Waals surface area contributed by atoms with Crippen molar-refractivity contribution in [2.45, 2.75) is 26.0 Å². The minimum absolute atomic E-state index is 0.00306. The van der Waals surface area contributed by atoms with E-state index in [0.717, 1.165) is 5.56 Å². The number of benzene rings is 1.